The van der Waals surface area contributed by atoms with Crippen molar-refractivity contribution in [2.45, 2.75) is 13.3 Å². The van der Waals surface area contributed by atoms with Crippen LogP contribution in [0.2, 0.25) is 0 Å². The third kappa shape index (κ3) is 4.53. The first kappa shape index (κ1) is 12.0. The third-order valence-electron chi connectivity index (χ3n) is 1.53. The highest BCUT2D eigenvalue weighted by atomic mass is 35.5. The van der Waals surface area contributed by atoms with Crippen LogP contribution >= 0.6 is 12.4 Å². The fourth-order valence-corrected chi connectivity index (χ4v) is 1.01. The van der Waals surface area contributed by atoms with E-state index in [0.717, 1.165) is 5.56 Å². The summed E-state index contributed by atoms with van der Waals surface area (Å²) in [4.78, 5) is 0. The van der Waals surface area contributed by atoms with Gasteiger partial charge in [-0.15, -0.1) is 12.4 Å². The number of halogens is 1. The van der Waals surface area contributed by atoms with Crippen molar-refractivity contribution in [3.05, 3.63) is 35.9 Å². The first-order valence-electron chi connectivity index (χ1n) is 4.07. The summed E-state index contributed by atoms with van der Waals surface area (Å²) < 4.78 is 5.03. The number of benzene rings is 1. The maximum absolute atomic E-state index is 7.40. The molecule has 0 heterocycles. The van der Waals surface area contributed by atoms with Crippen LogP contribution in [0.15, 0.2) is 30.3 Å². The lowest BCUT2D eigenvalue weighted by Crippen LogP contribution is -2.06. The number of nitrogens with one attached hydrogen (secondary N) is 1. The Morgan fingerprint density at radius 2 is 1.92 bits per heavy atom. The van der Waals surface area contributed by atoms with Gasteiger partial charge in [0.1, 0.15) is 0 Å². The Morgan fingerprint density at radius 3 is 2.46 bits per heavy atom. The summed E-state index contributed by atoms with van der Waals surface area (Å²) >= 11 is 0. The lowest BCUT2D eigenvalue weighted by molar-refractivity contribution is 0.317. The average molecular weight is 200 g/mol. The smallest absolute Gasteiger partial charge is 0.184 e. The Hall–Kier alpha value is -1.02. The van der Waals surface area contributed by atoms with Crippen LogP contribution in [0, 0.1) is 5.41 Å². The van der Waals surface area contributed by atoms with E-state index in [1.54, 1.807) is 0 Å². The summed E-state index contributed by atoms with van der Waals surface area (Å²) in [5, 5.41) is 7.40. The minimum Gasteiger partial charge on any atom is -0.481 e. The van der Waals surface area contributed by atoms with Crippen molar-refractivity contribution in [1.82, 2.24) is 0 Å². The van der Waals surface area contributed by atoms with Crippen molar-refractivity contribution in [2.24, 2.45) is 0 Å². The zero-order valence-electron chi connectivity index (χ0n) is 7.62. The van der Waals surface area contributed by atoms with E-state index in [0.29, 0.717) is 18.9 Å². The van der Waals surface area contributed by atoms with Crippen molar-refractivity contribution in [3.63, 3.8) is 0 Å². The Labute approximate surface area is 84.8 Å². The molecule has 0 aliphatic heterocycles. The van der Waals surface area contributed by atoms with Crippen LogP contribution in [-0.4, -0.2) is 12.5 Å². The molecule has 0 aliphatic rings. The van der Waals surface area contributed by atoms with Crippen molar-refractivity contribution < 1.29 is 4.74 Å². The van der Waals surface area contributed by atoms with Crippen LogP contribution in [0.5, 0.6) is 0 Å². The Balaban J connectivity index is 0.00000144. The van der Waals surface area contributed by atoms with Gasteiger partial charge in [0.05, 0.1) is 6.61 Å². The van der Waals surface area contributed by atoms with Crippen molar-refractivity contribution >= 4 is 18.3 Å². The van der Waals surface area contributed by atoms with Crippen LogP contribution in [-0.2, 0) is 11.2 Å². The van der Waals surface area contributed by atoms with Gasteiger partial charge in [-0.25, -0.2) is 0 Å². The van der Waals surface area contributed by atoms with Gasteiger partial charge in [-0.2, -0.15) is 0 Å². The normalized spacial score (nSPS) is 8.69. The summed E-state index contributed by atoms with van der Waals surface area (Å²) in [5.41, 5.74) is 1.12. The van der Waals surface area contributed by atoms with E-state index in [1.807, 2.05) is 37.3 Å². The second-order valence-electron chi connectivity index (χ2n) is 2.52. The van der Waals surface area contributed by atoms with E-state index in [9.17, 15) is 0 Å². The highest BCUT2D eigenvalue weighted by molar-refractivity contribution is 5.85. The van der Waals surface area contributed by atoms with Gasteiger partial charge in [-0.3, -0.25) is 5.41 Å². The van der Waals surface area contributed by atoms with Gasteiger partial charge in [-0.05, 0) is 12.5 Å². The molecule has 1 N–H and O–H groups in total. The maximum Gasteiger partial charge on any atom is 0.184 e. The fraction of sp³-hybridized carbons (Fsp3) is 0.300. The predicted molar refractivity (Wildman–Crippen MR) is 56.7 cm³/mol. The lowest BCUT2D eigenvalue weighted by Gasteiger charge is -2.03. The number of rotatable bonds is 3. The Morgan fingerprint density at radius 1 is 1.31 bits per heavy atom. The van der Waals surface area contributed by atoms with Crippen LogP contribution in [0.25, 0.3) is 0 Å². The van der Waals surface area contributed by atoms with Gasteiger partial charge in [0.2, 0.25) is 0 Å². The Bertz CT molecular complexity index is 248. The molecule has 0 saturated heterocycles. The molecule has 2 nitrogen and oxygen atoms in total. The quantitative estimate of drug-likeness (QED) is 0.589. The number of hydrogen-bond acceptors (Lipinski definition) is 2. The van der Waals surface area contributed by atoms with Crippen LogP contribution < -0.4 is 0 Å². The molecule has 0 atom stereocenters. The maximum atomic E-state index is 7.40. The summed E-state index contributed by atoms with van der Waals surface area (Å²) in [6, 6.07) is 9.89. The standard InChI is InChI=1S/C10H13NO.ClH/c1-2-12-10(11)8-9-6-4-3-5-7-9;/h3-7,11H,2,8H2,1H3;1H. The SMILES string of the molecule is CCOC(=N)Cc1ccccc1.Cl. The van der Waals surface area contributed by atoms with E-state index >= 15 is 0 Å². The van der Waals surface area contributed by atoms with E-state index in [-0.39, 0.29) is 12.4 Å². The highest BCUT2D eigenvalue weighted by Gasteiger charge is 1.97. The molecular weight excluding hydrogens is 186 g/mol. The Kier molecular flexibility index (Phi) is 5.98. The number of hydrogen-bond donors (Lipinski definition) is 1. The molecule has 0 amide bonds. The molecule has 1 aromatic carbocycles. The van der Waals surface area contributed by atoms with Crippen LogP contribution in [0.3, 0.4) is 0 Å². The van der Waals surface area contributed by atoms with E-state index in [4.69, 9.17) is 10.1 Å². The molecule has 3 heteroatoms. The second kappa shape index (κ2) is 6.49. The summed E-state index contributed by atoms with van der Waals surface area (Å²) in [6.45, 7) is 2.46. The minimum atomic E-state index is 0. The van der Waals surface area contributed by atoms with E-state index < -0.39 is 0 Å². The van der Waals surface area contributed by atoms with E-state index in [2.05, 4.69) is 0 Å². The molecule has 0 radical (unpaired) electrons. The summed E-state index contributed by atoms with van der Waals surface area (Å²) in [5.74, 6) is 0.337. The molecular formula is C10H14ClNO. The zero-order chi connectivity index (χ0) is 8.81. The summed E-state index contributed by atoms with van der Waals surface area (Å²) in [6.07, 6.45) is 0.592. The molecule has 72 valence electrons. The fourth-order valence-electron chi connectivity index (χ4n) is 1.01. The first-order chi connectivity index (χ1) is 5.83. The molecule has 0 fully saturated rings. The topological polar surface area (TPSA) is 33.1 Å². The molecule has 1 rings (SSSR count). The molecule has 0 spiro atoms. The van der Waals surface area contributed by atoms with Gasteiger partial charge < -0.3 is 4.74 Å². The number of ether oxygens (including phenoxy) is 1. The van der Waals surface area contributed by atoms with Crippen LogP contribution in [0.1, 0.15) is 12.5 Å². The molecule has 0 aliphatic carbocycles. The van der Waals surface area contributed by atoms with E-state index in [1.165, 1.54) is 0 Å². The third-order valence-corrected chi connectivity index (χ3v) is 1.53. The second-order valence-corrected chi connectivity index (χ2v) is 2.52. The monoisotopic (exact) mass is 199 g/mol. The lowest BCUT2D eigenvalue weighted by atomic mass is 10.1. The molecule has 0 bridgehead atoms. The summed E-state index contributed by atoms with van der Waals surface area (Å²) in [7, 11) is 0. The first-order valence-corrected chi connectivity index (χ1v) is 4.07. The van der Waals surface area contributed by atoms with Crippen molar-refractivity contribution in [1.29, 1.82) is 5.41 Å². The zero-order valence-corrected chi connectivity index (χ0v) is 8.43. The largest absolute Gasteiger partial charge is 0.481 e. The molecule has 1 aromatic rings. The van der Waals surface area contributed by atoms with Gasteiger partial charge in [0, 0.05) is 6.42 Å². The van der Waals surface area contributed by atoms with Gasteiger partial charge in [-0.1, -0.05) is 30.3 Å². The average Bonchev–Trinajstić information content (AvgIpc) is 2.06. The highest BCUT2D eigenvalue weighted by Crippen LogP contribution is 2.00. The molecule has 0 saturated carbocycles. The van der Waals surface area contributed by atoms with Crippen LogP contribution in [0.4, 0.5) is 0 Å². The molecule has 0 unspecified atom stereocenters. The predicted octanol–water partition coefficient (Wildman–Crippen LogP) is 2.66. The van der Waals surface area contributed by atoms with Gasteiger partial charge >= 0.3 is 0 Å². The van der Waals surface area contributed by atoms with Gasteiger partial charge in [0.15, 0.2) is 5.90 Å². The van der Waals surface area contributed by atoms with Crippen molar-refractivity contribution in [3.8, 4) is 0 Å². The molecule has 13 heavy (non-hydrogen) atoms. The minimum absolute atomic E-state index is 0. The molecule has 0 aromatic heterocycles. The van der Waals surface area contributed by atoms with Crippen molar-refractivity contribution in [2.75, 3.05) is 6.61 Å². The van der Waals surface area contributed by atoms with Gasteiger partial charge in [0.25, 0.3) is 0 Å².